The fraction of sp³-hybridized carbons (Fsp3) is 0.476. The number of benzene rings is 1. The van der Waals surface area contributed by atoms with Crippen LogP contribution in [-0.2, 0) is 21.4 Å². The van der Waals surface area contributed by atoms with Gasteiger partial charge in [-0.25, -0.2) is 13.1 Å². The van der Waals surface area contributed by atoms with E-state index in [2.05, 4.69) is 10.4 Å². The van der Waals surface area contributed by atoms with Crippen molar-refractivity contribution in [2.24, 2.45) is 0 Å². The van der Waals surface area contributed by atoms with Crippen LogP contribution in [0.25, 0.3) is 0 Å². The normalized spacial score (nSPS) is 15.3. The third-order valence-electron chi connectivity index (χ3n) is 5.34. The van der Waals surface area contributed by atoms with Gasteiger partial charge in [-0.1, -0.05) is 18.9 Å². The van der Waals surface area contributed by atoms with Crippen LogP contribution in [0.15, 0.2) is 43.9 Å². The highest BCUT2D eigenvalue weighted by atomic mass is 32.2. The number of rotatable bonds is 7. The Morgan fingerprint density at radius 1 is 1.12 bits per heavy atom. The number of hydrogen-bond acceptors (Lipinski definition) is 7. The summed E-state index contributed by atoms with van der Waals surface area (Å²) >= 11 is 2.74. The second kappa shape index (κ2) is 10.9. The van der Waals surface area contributed by atoms with Crippen molar-refractivity contribution in [3.8, 4) is 0 Å². The van der Waals surface area contributed by atoms with Crippen LogP contribution in [0.3, 0.4) is 0 Å². The van der Waals surface area contributed by atoms with Crippen LogP contribution < -0.4 is 10.9 Å². The zero-order chi connectivity index (χ0) is 23.3. The van der Waals surface area contributed by atoms with Gasteiger partial charge in [0.2, 0.25) is 15.9 Å². The quantitative estimate of drug-likeness (QED) is 0.588. The summed E-state index contributed by atoms with van der Waals surface area (Å²) in [6.45, 7) is 2.51. The average molecular weight is 497 g/mol. The van der Waals surface area contributed by atoms with Gasteiger partial charge in [-0.15, -0.1) is 23.5 Å². The van der Waals surface area contributed by atoms with Crippen molar-refractivity contribution in [3.63, 3.8) is 0 Å². The third kappa shape index (κ3) is 5.56. The summed E-state index contributed by atoms with van der Waals surface area (Å²) in [7, 11) is -3.65. The Morgan fingerprint density at radius 3 is 2.44 bits per heavy atom. The van der Waals surface area contributed by atoms with E-state index in [-0.39, 0.29) is 17.0 Å². The van der Waals surface area contributed by atoms with Crippen molar-refractivity contribution < 1.29 is 13.2 Å². The van der Waals surface area contributed by atoms with Gasteiger partial charge in [-0.05, 0) is 50.0 Å². The number of carbonyl (C=O) groups is 1. The lowest BCUT2D eigenvalue weighted by atomic mass is 10.2. The molecule has 0 radical (unpaired) electrons. The van der Waals surface area contributed by atoms with E-state index in [1.165, 1.54) is 33.9 Å². The van der Waals surface area contributed by atoms with E-state index in [1.807, 2.05) is 6.26 Å². The van der Waals surface area contributed by atoms with Crippen molar-refractivity contribution in [1.82, 2.24) is 14.1 Å². The molecule has 0 atom stereocenters. The second-order valence-electron chi connectivity index (χ2n) is 7.56. The smallest absolute Gasteiger partial charge is 0.282 e. The molecular formula is C21H28N4O4S3. The molecule has 2 heterocycles. The van der Waals surface area contributed by atoms with Gasteiger partial charge in [0, 0.05) is 23.7 Å². The highest BCUT2D eigenvalue weighted by molar-refractivity contribution is 8.01. The summed E-state index contributed by atoms with van der Waals surface area (Å²) in [5.41, 5.74) is 0.670. The lowest BCUT2D eigenvalue weighted by molar-refractivity contribution is -0.117. The molecule has 0 unspecified atom stereocenters. The van der Waals surface area contributed by atoms with Gasteiger partial charge in [0.05, 0.1) is 16.0 Å². The first-order valence-electron chi connectivity index (χ1n) is 10.4. The maximum atomic E-state index is 13.2. The fourth-order valence-electron chi connectivity index (χ4n) is 3.62. The number of carbonyl (C=O) groups excluding carboxylic acids is 1. The number of aromatic nitrogens is 2. The summed E-state index contributed by atoms with van der Waals surface area (Å²) in [5, 5.41) is 6.79. The maximum absolute atomic E-state index is 13.2. The van der Waals surface area contributed by atoms with E-state index >= 15 is 0 Å². The number of nitrogens with zero attached hydrogens (tertiary/aromatic N) is 3. The van der Waals surface area contributed by atoms with Gasteiger partial charge < -0.3 is 5.32 Å². The van der Waals surface area contributed by atoms with E-state index in [0.717, 1.165) is 35.3 Å². The van der Waals surface area contributed by atoms with E-state index in [1.54, 1.807) is 31.5 Å². The van der Waals surface area contributed by atoms with Crippen LogP contribution in [-0.4, -0.2) is 54.0 Å². The first-order valence-corrected chi connectivity index (χ1v) is 14.3. The van der Waals surface area contributed by atoms with Crippen molar-refractivity contribution in [3.05, 3.63) is 40.3 Å². The molecule has 3 rings (SSSR count). The Hall–Kier alpha value is -1.82. The van der Waals surface area contributed by atoms with Crippen LogP contribution in [0.1, 0.15) is 31.2 Å². The van der Waals surface area contributed by atoms with Gasteiger partial charge >= 0.3 is 0 Å². The number of anilines is 1. The Bertz CT molecular complexity index is 1140. The lowest BCUT2D eigenvalue weighted by Crippen LogP contribution is -2.32. The topological polar surface area (TPSA) is 101 Å². The maximum Gasteiger partial charge on any atom is 0.282 e. The van der Waals surface area contributed by atoms with E-state index < -0.39 is 15.9 Å². The molecule has 11 heteroatoms. The predicted octanol–water partition coefficient (Wildman–Crippen LogP) is 3.20. The molecule has 0 spiro atoms. The highest BCUT2D eigenvalue weighted by Crippen LogP contribution is 2.26. The van der Waals surface area contributed by atoms with E-state index in [0.29, 0.717) is 29.2 Å². The number of aryl methyl sites for hydroxylation is 1. The standard InChI is InChI=1S/C21H28N4O4S3/c1-15-8-9-16(12-18(15)32(28,29)24-10-6-4-5-7-11-24)23-19(26)14-25-21(27)20(31-3)17(30-2)13-22-25/h8-9,12-13H,4-7,10-11,14H2,1-3H3,(H,23,26). The van der Waals surface area contributed by atoms with Gasteiger partial charge in [0.15, 0.2) is 0 Å². The molecule has 8 nitrogen and oxygen atoms in total. The minimum Gasteiger partial charge on any atom is -0.324 e. The Morgan fingerprint density at radius 2 is 1.81 bits per heavy atom. The van der Waals surface area contributed by atoms with Gasteiger partial charge in [-0.3, -0.25) is 9.59 Å². The summed E-state index contributed by atoms with van der Waals surface area (Å²) < 4.78 is 29.1. The summed E-state index contributed by atoms with van der Waals surface area (Å²) in [5.74, 6) is -0.453. The van der Waals surface area contributed by atoms with Crippen molar-refractivity contribution in [1.29, 1.82) is 0 Å². The molecule has 1 aromatic heterocycles. The summed E-state index contributed by atoms with van der Waals surface area (Å²) in [4.78, 5) is 26.7. The summed E-state index contributed by atoms with van der Waals surface area (Å²) in [6.07, 6.45) is 9.01. The van der Waals surface area contributed by atoms with E-state index in [4.69, 9.17) is 0 Å². The molecule has 0 saturated carbocycles. The monoisotopic (exact) mass is 496 g/mol. The molecular weight excluding hydrogens is 468 g/mol. The molecule has 1 saturated heterocycles. The summed E-state index contributed by atoms with van der Waals surface area (Å²) in [6, 6.07) is 4.84. The van der Waals surface area contributed by atoms with Crippen molar-refractivity contribution in [2.75, 3.05) is 30.9 Å². The van der Waals surface area contributed by atoms with E-state index in [9.17, 15) is 18.0 Å². The zero-order valence-corrected chi connectivity index (χ0v) is 20.9. The number of amides is 1. The SMILES string of the molecule is CSc1cnn(CC(=O)Nc2ccc(C)c(S(=O)(=O)N3CCCCCC3)c2)c(=O)c1SC. The Balaban J connectivity index is 1.80. The van der Waals surface area contributed by atoms with Crippen molar-refractivity contribution in [2.45, 2.75) is 53.8 Å². The highest BCUT2D eigenvalue weighted by Gasteiger charge is 2.27. The van der Waals surface area contributed by atoms with Crippen LogP contribution >= 0.6 is 23.5 Å². The molecule has 1 fully saturated rings. The first kappa shape index (κ1) is 24.8. The molecule has 0 bridgehead atoms. The molecule has 0 aliphatic carbocycles. The minimum absolute atomic E-state index is 0.196. The molecule has 1 aliphatic rings. The van der Waals surface area contributed by atoms with Crippen molar-refractivity contribution >= 4 is 45.1 Å². The van der Waals surface area contributed by atoms with Gasteiger partial charge in [-0.2, -0.15) is 9.40 Å². The van der Waals surface area contributed by atoms with Crippen LogP contribution in [0, 0.1) is 6.92 Å². The Labute approximate surface area is 197 Å². The molecule has 1 amide bonds. The number of nitrogens with one attached hydrogen (secondary N) is 1. The largest absolute Gasteiger partial charge is 0.324 e. The second-order valence-corrected chi connectivity index (χ2v) is 11.1. The molecule has 174 valence electrons. The fourth-order valence-corrected chi connectivity index (χ4v) is 6.84. The van der Waals surface area contributed by atoms with Crippen LogP contribution in [0.2, 0.25) is 0 Å². The average Bonchev–Trinajstić information content (AvgIpc) is 3.06. The zero-order valence-electron chi connectivity index (χ0n) is 18.5. The van der Waals surface area contributed by atoms with Gasteiger partial charge in [0.1, 0.15) is 6.54 Å². The molecule has 1 aliphatic heterocycles. The molecule has 32 heavy (non-hydrogen) atoms. The first-order chi connectivity index (χ1) is 15.3. The van der Waals surface area contributed by atoms with Gasteiger partial charge in [0.25, 0.3) is 5.56 Å². The molecule has 1 aromatic carbocycles. The van der Waals surface area contributed by atoms with Crippen LogP contribution in [0.4, 0.5) is 5.69 Å². The number of sulfonamides is 1. The predicted molar refractivity (Wildman–Crippen MR) is 129 cm³/mol. The molecule has 1 N–H and O–H groups in total. The Kier molecular flexibility index (Phi) is 8.43. The number of hydrogen-bond donors (Lipinski definition) is 1. The minimum atomic E-state index is -3.65. The molecule has 2 aromatic rings. The number of thioether (sulfide) groups is 2. The lowest BCUT2D eigenvalue weighted by Gasteiger charge is -2.21. The van der Waals surface area contributed by atoms with Crippen LogP contribution in [0.5, 0.6) is 0 Å². The third-order valence-corrected chi connectivity index (χ3v) is 9.06.